The second-order valence-corrected chi connectivity index (χ2v) is 4.45. The second-order valence-electron chi connectivity index (χ2n) is 4.45. The van der Waals surface area contributed by atoms with Crippen molar-refractivity contribution < 1.29 is 9.66 Å². The predicted octanol–water partition coefficient (Wildman–Crippen LogP) is 3.41. The zero-order valence-electron chi connectivity index (χ0n) is 11.4. The molecule has 1 N–H and O–H groups in total. The van der Waals surface area contributed by atoms with Gasteiger partial charge in [-0.1, -0.05) is 18.2 Å². The Labute approximate surface area is 117 Å². The first-order valence-electron chi connectivity index (χ1n) is 6.27. The number of ether oxygens (including phenoxy) is 1. The molecule has 0 spiro atoms. The number of nitrogens with zero attached hydrogens (tertiary/aromatic N) is 1. The lowest BCUT2D eigenvalue weighted by Gasteiger charge is -2.11. The van der Waals surface area contributed by atoms with Gasteiger partial charge in [-0.3, -0.25) is 10.1 Å². The highest BCUT2D eigenvalue weighted by atomic mass is 16.6. The van der Waals surface area contributed by atoms with E-state index in [9.17, 15) is 10.1 Å². The molecule has 20 heavy (non-hydrogen) atoms. The van der Waals surface area contributed by atoms with Crippen LogP contribution in [0.4, 0.5) is 5.69 Å². The number of rotatable bonds is 5. The van der Waals surface area contributed by atoms with Gasteiger partial charge in [0.15, 0.2) is 0 Å². The molecule has 104 valence electrons. The van der Waals surface area contributed by atoms with Gasteiger partial charge in [0.1, 0.15) is 11.5 Å². The standard InChI is InChI=1S/C15H16N2O3/c1-11-7-8-13(9-14(11)17(18)19)20-15-6-4-3-5-12(15)10-16-2/h3-9,16H,10H2,1-2H3. The largest absolute Gasteiger partial charge is 0.457 e. The van der Waals surface area contributed by atoms with Crippen LogP contribution in [0.5, 0.6) is 11.5 Å². The summed E-state index contributed by atoms with van der Waals surface area (Å²) >= 11 is 0. The first-order valence-corrected chi connectivity index (χ1v) is 6.27. The Morgan fingerprint density at radius 3 is 2.70 bits per heavy atom. The Morgan fingerprint density at radius 1 is 1.25 bits per heavy atom. The van der Waals surface area contributed by atoms with Crippen LogP contribution in [0.3, 0.4) is 0 Å². The number of benzene rings is 2. The number of aryl methyl sites for hydroxylation is 1. The summed E-state index contributed by atoms with van der Waals surface area (Å²) in [6, 6.07) is 12.5. The Kier molecular flexibility index (Phi) is 4.32. The maximum Gasteiger partial charge on any atom is 0.276 e. The molecule has 0 bridgehead atoms. The van der Waals surface area contributed by atoms with Gasteiger partial charge in [0, 0.05) is 17.7 Å². The number of nitro groups is 1. The fraction of sp³-hybridized carbons (Fsp3) is 0.200. The molecule has 0 aliphatic heterocycles. The van der Waals surface area contributed by atoms with Crippen molar-refractivity contribution in [3.8, 4) is 11.5 Å². The summed E-state index contributed by atoms with van der Waals surface area (Å²) in [5, 5.41) is 14.0. The minimum Gasteiger partial charge on any atom is -0.457 e. The molecule has 0 aliphatic rings. The summed E-state index contributed by atoms with van der Waals surface area (Å²) in [5.41, 5.74) is 1.68. The average Bonchev–Trinajstić information content (AvgIpc) is 2.43. The van der Waals surface area contributed by atoms with Crippen LogP contribution in [0.15, 0.2) is 42.5 Å². The van der Waals surface area contributed by atoms with Gasteiger partial charge < -0.3 is 10.1 Å². The fourth-order valence-electron chi connectivity index (χ4n) is 1.92. The van der Waals surface area contributed by atoms with Gasteiger partial charge in [-0.15, -0.1) is 0 Å². The van der Waals surface area contributed by atoms with E-state index in [1.807, 2.05) is 31.3 Å². The summed E-state index contributed by atoms with van der Waals surface area (Å²) in [6.45, 7) is 2.38. The zero-order chi connectivity index (χ0) is 14.5. The molecule has 5 nitrogen and oxygen atoms in total. The third kappa shape index (κ3) is 3.13. The van der Waals surface area contributed by atoms with Crippen LogP contribution in [0.2, 0.25) is 0 Å². The Morgan fingerprint density at radius 2 is 2.00 bits per heavy atom. The molecule has 0 saturated carbocycles. The van der Waals surface area contributed by atoms with Gasteiger partial charge in [-0.25, -0.2) is 0 Å². The third-order valence-corrected chi connectivity index (χ3v) is 2.94. The molecule has 0 aromatic heterocycles. The molecular weight excluding hydrogens is 256 g/mol. The molecule has 0 heterocycles. The number of hydrogen-bond donors (Lipinski definition) is 1. The molecule has 0 fully saturated rings. The van der Waals surface area contributed by atoms with Gasteiger partial charge in [-0.05, 0) is 32.2 Å². The lowest BCUT2D eigenvalue weighted by Crippen LogP contribution is -2.06. The van der Waals surface area contributed by atoms with E-state index < -0.39 is 4.92 Å². The van der Waals surface area contributed by atoms with Crippen molar-refractivity contribution in [1.82, 2.24) is 5.32 Å². The van der Waals surface area contributed by atoms with Gasteiger partial charge in [-0.2, -0.15) is 0 Å². The highest BCUT2D eigenvalue weighted by Crippen LogP contribution is 2.29. The maximum absolute atomic E-state index is 10.9. The first kappa shape index (κ1) is 14.0. The smallest absolute Gasteiger partial charge is 0.276 e. The molecule has 2 aromatic carbocycles. The molecule has 0 atom stereocenters. The van der Waals surface area contributed by atoms with E-state index in [-0.39, 0.29) is 5.69 Å². The van der Waals surface area contributed by atoms with E-state index in [2.05, 4.69) is 5.32 Å². The second kappa shape index (κ2) is 6.16. The van der Waals surface area contributed by atoms with Crippen molar-refractivity contribution in [1.29, 1.82) is 0 Å². The molecule has 0 radical (unpaired) electrons. The van der Waals surface area contributed by atoms with Crippen molar-refractivity contribution in [2.24, 2.45) is 0 Å². The summed E-state index contributed by atoms with van der Waals surface area (Å²) in [5.74, 6) is 1.16. The van der Waals surface area contributed by atoms with Gasteiger partial charge in [0.05, 0.1) is 11.0 Å². The summed E-state index contributed by atoms with van der Waals surface area (Å²) in [4.78, 5) is 10.5. The van der Waals surface area contributed by atoms with Crippen molar-refractivity contribution in [2.75, 3.05) is 7.05 Å². The molecule has 0 amide bonds. The zero-order valence-corrected chi connectivity index (χ0v) is 11.4. The lowest BCUT2D eigenvalue weighted by atomic mass is 10.2. The molecule has 0 saturated heterocycles. The van der Waals surface area contributed by atoms with Crippen LogP contribution < -0.4 is 10.1 Å². The van der Waals surface area contributed by atoms with Gasteiger partial charge >= 0.3 is 0 Å². The minimum absolute atomic E-state index is 0.0635. The Hall–Kier alpha value is -2.40. The number of hydrogen-bond acceptors (Lipinski definition) is 4. The number of nitro benzene ring substituents is 1. The molecular formula is C15H16N2O3. The predicted molar refractivity (Wildman–Crippen MR) is 77.1 cm³/mol. The SMILES string of the molecule is CNCc1ccccc1Oc1ccc(C)c([N+](=O)[O-])c1. The lowest BCUT2D eigenvalue weighted by molar-refractivity contribution is -0.385. The van der Waals surface area contributed by atoms with Gasteiger partial charge in [0.2, 0.25) is 0 Å². The molecule has 0 aliphatic carbocycles. The van der Waals surface area contributed by atoms with Gasteiger partial charge in [0.25, 0.3) is 5.69 Å². The van der Waals surface area contributed by atoms with Crippen LogP contribution in [-0.4, -0.2) is 12.0 Å². The van der Waals surface area contributed by atoms with E-state index in [1.54, 1.807) is 19.1 Å². The first-order chi connectivity index (χ1) is 9.61. The van der Waals surface area contributed by atoms with Crippen LogP contribution in [0.25, 0.3) is 0 Å². The normalized spacial score (nSPS) is 10.3. The highest BCUT2D eigenvalue weighted by Gasteiger charge is 2.12. The third-order valence-electron chi connectivity index (χ3n) is 2.94. The van der Waals surface area contributed by atoms with Crippen molar-refractivity contribution >= 4 is 5.69 Å². The van der Waals surface area contributed by atoms with Crippen LogP contribution >= 0.6 is 0 Å². The van der Waals surface area contributed by atoms with Crippen LogP contribution in [0.1, 0.15) is 11.1 Å². The van der Waals surface area contributed by atoms with Crippen molar-refractivity contribution in [3.05, 3.63) is 63.7 Å². The summed E-state index contributed by atoms with van der Waals surface area (Å²) in [6.07, 6.45) is 0. The quantitative estimate of drug-likeness (QED) is 0.669. The van der Waals surface area contributed by atoms with E-state index in [4.69, 9.17) is 4.74 Å². The monoisotopic (exact) mass is 272 g/mol. The van der Waals surface area contributed by atoms with Crippen LogP contribution in [-0.2, 0) is 6.54 Å². The topological polar surface area (TPSA) is 64.4 Å². The minimum atomic E-state index is -0.401. The van der Waals surface area contributed by atoms with Crippen molar-refractivity contribution in [3.63, 3.8) is 0 Å². The molecule has 2 aromatic rings. The van der Waals surface area contributed by atoms with E-state index >= 15 is 0 Å². The van der Waals surface area contributed by atoms with E-state index in [0.29, 0.717) is 23.6 Å². The summed E-state index contributed by atoms with van der Waals surface area (Å²) < 4.78 is 5.76. The van der Waals surface area contributed by atoms with Crippen LogP contribution in [0, 0.1) is 17.0 Å². The Bertz CT molecular complexity index is 626. The number of nitrogens with one attached hydrogen (secondary N) is 1. The fourth-order valence-corrected chi connectivity index (χ4v) is 1.92. The van der Waals surface area contributed by atoms with Crippen molar-refractivity contribution in [2.45, 2.75) is 13.5 Å². The number of para-hydroxylation sites is 1. The highest BCUT2D eigenvalue weighted by molar-refractivity contribution is 5.47. The maximum atomic E-state index is 10.9. The van der Waals surface area contributed by atoms with E-state index in [0.717, 1.165) is 5.56 Å². The molecule has 0 unspecified atom stereocenters. The molecule has 2 rings (SSSR count). The average molecular weight is 272 g/mol. The van der Waals surface area contributed by atoms with E-state index in [1.165, 1.54) is 6.07 Å². The Balaban J connectivity index is 2.31. The molecule has 5 heteroatoms. The summed E-state index contributed by atoms with van der Waals surface area (Å²) in [7, 11) is 1.85.